The molecule has 0 radical (unpaired) electrons. The SMILES string of the molecule is C=CC(c1ccccc1)N(C(=O)c1ccccc1)c1ccc(OC)cc1. The third kappa shape index (κ3) is 3.67. The number of benzene rings is 3. The quantitative estimate of drug-likeness (QED) is 0.571. The molecule has 130 valence electrons. The van der Waals surface area contributed by atoms with Crippen molar-refractivity contribution in [2.75, 3.05) is 12.0 Å². The minimum Gasteiger partial charge on any atom is -0.497 e. The number of methoxy groups -OCH3 is 1. The zero-order chi connectivity index (χ0) is 18.4. The van der Waals surface area contributed by atoms with Crippen LogP contribution in [0.5, 0.6) is 5.75 Å². The van der Waals surface area contributed by atoms with E-state index in [1.807, 2.05) is 84.9 Å². The maximum atomic E-state index is 13.3. The van der Waals surface area contributed by atoms with E-state index in [1.54, 1.807) is 18.1 Å². The Hall–Kier alpha value is -3.33. The minimum atomic E-state index is -0.280. The van der Waals surface area contributed by atoms with Gasteiger partial charge in [-0.1, -0.05) is 54.6 Å². The number of nitrogens with zero attached hydrogens (tertiary/aromatic N) is 1. The summed E-state index contributed by atoms with van der Waals surface area (Å²) in [6, 6.07) is 26.4. The summed E-state index contributed by atoms with van der Waals surface area (Å²) in [4.78, 5) is 15.1. The molecule has 0 saturated heterocycles. The highest BCUT2D eigenvalue weighted by Crippen LogP contribution is 2.31. The average molecular weight is 343 g/mol. The highest BCUT2D eigenvalue weighted by Gasteiger charge is 2.25. The number of anilines is 1. The number of hydrogen-bond acceptors (Lipinski definition) is 2. The van der Waals surface area contributed by atoms with Crippen LogP contribution < -0.4 is 9.64 Å². The van der Waals surface area contributed by atoms with E-state index in [1.165, 1.54) is 0 Å². The van der Waals surface area contributed by atoms with Gasteiger partial charge >= 0.3 is 0 Å². The topological polar surface area (TPSA) is 29.5 Å². The van der Waals surface area contributed by atoms with Crippen molar-refractivity contribution in [1.29, 1.82) is 0 Å². The molecule has 0 aliphatic carbocycles. The molecule has 3 heteroatoms. The molecule has 26 heavy (non-hydrogen) atoms. The van der Waals surface area contributed by atoms with Crippen LogP contribution in [0.15, 0.2) is 97.6 Å². The van der Waals surface area contributed by atoms with Crippen molar-refractivity contribution in [1.82, 2.24) is 0 Å². The molecule has 0 fully saturated rings. The van der Waals surface area contributed by atoms with E-state index in [2.05, 4.69) is 6.58 Å². The molecule has 0 spiro atoms. The van der Waals surface area contributed by atoms with Crippen molar-refractivity contribution in [2.24, 2.45) is 0 Å². The Kier molecular flexibility index (Phi) is 5.49. The lowest BCUT2D eigenvalue weighted by atomic mass is 10.0. The first-order chi connectivity index (χ1) is 12.7. The van der Waals surface area contributed by atoms with Gasteiger partial charge in [0.15, 0.2) is 0 Å². The van der Waals surface area contributed by atoms with E-state index in [9.17, 15) is 4.79 Å². The Morgan fingerprint density at radius 1 is 0.923 bits per heavy atom. The predicted octanol–water partition coefficient (Wildman–Crippen LogP) is 5.27. The third-order valence-corrected chi connectivity index (χ3v) is 4.23. The maximum Gasteiger partial charge on any atom is 0.259 e. The second kappa shape index (κ2) is 8.17. The maximum absolute atomic E-state index is 13.3. The van der Waals surface area contributed by atoms with Crippen LogP contribution in [-0.2, 0) is 0 Å². The second-order valence-corrected chi connectivity index (χ2v) is 5.83. The normalized spacial score (nSPS) is 11.4. The first-order valence-electron chi connectivity index (χ1n) is 8.44. The minimum absolute atomic E-state index is 0.0791. The lowest BCUT2D eigenvalue weighted by Crippen LogP contribution is -2.34. The molecule has 3 nitrogen and oxygen atoms in total. The molecule has 1 amide bonds. The molecular formula is C23H21NO2. The van der Waals surface area contributed by atoms with Crippen LogP contribution in [0.1, 0.15) is 22.0 Å². The summed E-state index contributed by atoms with van der Waals surface area (Å²) in [5, 5.41) is 0. The van der Waals surface area contributed by atoms with Crippen molar-refractivity contribution in [3.8, 4) is 5.75 Å². The van der Waals surface area contributed by atoms with Crippen LogP contribution in [-0.4, -0.2) is 13.0 Å². The summed E-state index contributed by atoms with van der Waals surface area (Å²) in [5.41, 5.74) is 2.42. The summed E-state index contributed by atoms with van der Waals surface area (Å²) in [6.45, 7) is 3.98. The fourth-order valence-corrected chi connectivity index (χ4v) is 2.91. The van der Waals surface area contributed by atoms with Gasteiger partial charge in [0.05, 0.1) is 13.2 Å². The zero-order valence-corrected chi connectivity index (χ0v) is 14.7. The molecule has 3 rings (SSSR count). The van der Waals surface area contributed by atoms with Crippen molar-refractivity contribution in [3.63, 3.8) is 0 Å². The van der Waals surface area contributed by atoms with Crippen LogP contribution in [0.3, 0.4) is 0 Å². The van der Waals surface area contributed by atoms with E-state index < -0.39 is 0 Å². The second-order valence-electron chi connectivity index (χ2n) is 5.83. The van der Waals surface area contributed by atoms with Gasteiger partial charge in [-0.15, -0.1) is 6.58 Å². The fraction of sp³-hybridized carbons (Fsp3) is 0.0870. The highest BCUT2D eigenvalue weighted by atomic mass is 16.5. The molecular weight excluding hydrogens is 322 g/mol. The van der Waals surface area contributed by atoms with Crippen molar-refractivity contribution in [3.05, 3.63) is 109 Å². The van der Waals surface area contributed by atoms with Gasteiger partial charge in [0.1, 0.15) is 5.75 Å². The van der Waals surface area contributed by atoms with Gasteiger partial charge in [-0.25, -0.2) is 0 Å². The third-order valence-electron chi connectivity index (χ3n) is 4.23. The smallest absolute Gasteiger partial charge is 0.259 e. The number of carbonyl (C=O) groups is 1. The highest BCUT2D eigenvalue weighted by molar-refractivity contribution is 6.06. The van der Waals surface area contributed by atoms with Gasteiger partial charge in [0, 0.05) is 11.3 Å². The molecule has 0 N–H and O–H groups in total. The Bertz CT molecular complexity index is 858. The number of carbonyl (C=O) groups excluding carboxylic acids is 1. The van der Waals surface area contributed by atoms with Crippen molar-refractivity contribution in [2.45, 2.75) is 6.04 Å². The number of hydrogen-bond donors (Lipinski definition) is 0. The summed E-state index contributed by atoms with van der Waals surface area (Å²) < 4.78 is 5.24. The van der Waals surface area contributed by atoms with Crippen LogP contribution in [0, 0.1) is 0 Å². The van der Waals surface area contributed by atoms with E-state index in [-0.39, 0.29) is 11.9 Å². The number of rotatable bonds is 6. The predicted molar refractivity (Wildman–Crippen MR) is 106 cm³/mol. The Labute approximate surface area is 154 Å². The van der Waals surface area contributed by atoms with Gasteiger partial charge in [-0.3, -0.25) is 9.69 Å². The molecule has 0 saturated carbocycles. The number of amides is 1. The standard InChI is InChI=1S/C23H21NO2/c1-3-22(18-10-6-4-7-11-18)24(20-14-16-21(26-2)17-15-20)23(25)19-12-8-5-9-13-19/h3-17,22H,1H2,2H3. The monoisotopic (exact) mass is 343 g/mol. The van der Waals surface area contributed by atoms with E-state index in [0.717, 1.165) is 17.0 Å². The van der Waals surface area contributed by atoms with Gasteiger partial charge in [0.25, 0.3) is 5.91 Å². The van der Waals surface area contributed by atoms with Gasteiger partial charge in [-0.2, -0.15) is 0 Å². The summed E-state index contributed by atoms with van der Waals surface area (Å²) >= 11 is 0. The lowest BCUT2D eigenvalue weighted by Gasteiger charge is -2.30. The first-order valence-corrected chi connectivity index (χ1v) is 8.44. The summed E-state index contributed by atoms with van der Waals surface area (Å²) in [7, 11) is 1.62. The summed E-state index contributed by atoms with van der Waals surface area (Å²) in [5.74, 6) is 0.667. The molecule has 0 aliphatic heterocycles. The largest absolute Gasteiger partial charge is 0.497 e. The number of ether oxygens (including phenoxy) is 1. The van der Waals surface area contributed by atoms with E-state index >= 15 is 0 Å². The molecule has 0 bridgehead atoms. The summed E-state index contributed by atoms with van der Waals surface area (Å²) in [6.07, 6.45) is 1.79. The lowest BCUT2D eigenvalue weighted by molar-refractivity contribution is 0.0981. The molecule has 1 unspecified atom stereocenters. The molecule has 0 aliphatic rings. The Morgan fingerprint density at radius 3 is 2.04 bits per heavy atom. The molecule has 3 aromatic carbocycles. The fourth-order valence-electron chi connectivity index (χ4n) is 2.91. The van der Waals surface area contributed by atoms with Crippen molar-refractivity contribution >= 4 is 11.6 Å². The molecule has 0 aromatic heterocycles. The van der Waals surface area contributed by atoms with Crippen molar-refractivity contribution < 1.29 is 9.53 Å². The molecule has 0 heterocycles. The van der Waals surface area contributed by atoms with E-state index in [4.69, 9.17) is 4.74 Å². The van der Waals surface area contributed by atoms with Gasteiger partial charge in [-0.05, 0) is 42.0 Å². The van der Waals surface area contributed by atoms with Crippen LogP contribution in [0.4, 0.5) is 5.69 Å². The Balaban J connectivity index is 2.08. The van der Waals surface area contributed by atoms with Crippen LogP contribution >= 0.6 is 0 Å². The zero-order valence-electron chi connectivity index (χ0n) is 14.7. The van der Waals surface area contributed by atoms with Gasteiger partial charge in [0.2, 0.25) is 0 Å². The average Bonchev–Trinajstić information content (AvgIpc) is 2.73. The van der Waals surface area contributed by atoms with Gasteiger partial charge < -0.3 is 4.74 Å². The first kappa shape index (κ1) is 17.5. The van der Waals surface area contributed by atoms with Crippen LogP contribution in [0.2, 0.25) is 0 Å². The van der Waals surface area contributed by atoms with E-state index in [0.29, 0.717) is 5.56 Å². The van der Waals surface area contributed by atoms with Crippen LogP contribution in [0.25, 0.3) is 0 Å². The molecule has 3 aromatic rings. The Morgan fingerprint density at radius 2 is 1.50 bits per heavy atom. The molecule has 1 atom stereocenters.